The zero-order valence-corrected chi connectivity index (χ0v) is 8.28. The van der Waals surface area contributed by atoms with E-state index in [-0.39, 0.29) is 5.82 Å². The van der Waals surface area contributed by atoms with E-state index in [1.807, 2.05) is 12.5 Å². The first kappa shape index (κ1) is 9.47. The summed E-state index contributed by atoms with van der Waals surface area (Å²) in [6, 6.07) is 0. The Morgan fingerprint density at radius 3 is 1.92 bits per heavy atom. The highest BCUT2D eigenvalue weighted by Gasteiger charge is 2.02. The molecule has 0 N–H and O–H groups in total. The van der Waals surface area contributed by atoms with Crippen LogP contribution in [0.3, 0.4) is 0 Å². The molecule has 0 radical (unpaired) electrons. The first-order chi connectivity index (χ1) is 5.80. The van der Waals surface area contributed by atoms with Gasteiger partial charge in [-0.2, -0.15) is 15.0 Å². The second-order valence-electron chi connectivity index (χ2n) is 1.78. The lowest BCUT2D eigenvalue weighted by molar-refractivity contribution is 0.111. The van der Waals surface area contributed by atoms with Crippen LogP contribution < -0.4 is 0 Å². The van der Waals surface area contributed by atoms with E-state index in [4.69, 9.17) is 0 Å². The number of carbonyl (C=O) groups excluding carboxylic acids is 1. The number of nitrogens with zero attached hydrogens (tertiary/aromatic N) is 3. The maximum Gasteiger partial charge on any atom is 0.197 e. The van der Waals surface area contributed by atoms with Gasteiger partial charge in [0.15, 0.2) is 22.4 Å². The van der Waals surface area contributed by atoms with Crippen molar-refractivity contribution in [3.05, 3.63) is 5.82 Å². The Labute approximate surface area is 78.6 Å². The van der Waals surface area contributed by atoms with Crippen molar-refractivity contribution >= 4 is 29.8 Å². The van der Waals surface area contributed by atoms with Gasteiger partial charge in [-0.25, -0.2) is 0 Å². The molecule has 12 heavy (non-hydrogen) atoms. The molecule has 1 aromatic heterocycles. The Bertz CT molecular complexity index is 270. The summed E-state index contributed by atoms with van der Waals surface area (Å²) in [5.74, 6) is 0.193. The van der Waals surface area contributed by atoms with Crippen molar-refractivity contribution in [1.29, 1.82) is 0 Å². The van der Waals surface area contributed by atoms with E-state index >= 15 is 0 Å². The van der Waals surface area contributed by atoms with Crippen molar-refractivity contribution in [3.63, 3.8) is 0 Å². The van der Waals surface area contributed by atoms with Crippen LogP contribution >= 0.6 is 23.5 Å². The number of hydrogen-bond donors (Lipinski definition) is 0. The zero-order valence-electron chi connectivity index (χ0n) is 6.64. The van der Waals surface area contributed by atoms with Gasteiger partial charge in [-0.1, -0.05) is 23.5 Å². The largest absolute Gasteiger partial charge is 0.294 e. The summed E-state index contributed by atoms with van der Waals surface area (Å²) >= 11 is 2.79. The third kappa shape index (κ3) is 2.18. The van der Waals surface area contributed by atoms with E-state index in [1.165, 1.54) is 23.5 Å². The van der Waals surface area contributed by atoms with Gasteiger partial charge in [-0.3, -0.25) is 4.79 Å². The topological polar surface area (TPSA) is 55.7 Å². The molecule has 64 valence electrons. The number of carbonyl (C=O) groups is 1. The summed E-state index contributed by atoms with van der Waals surface area (Å²) in [7, 11) is 0. The minimum absolute atomic E-state index is 0.193. The van der Waals surface area contributed by atoms with Crippen molar-refractivity contribution in [1.82, 2.24) is 15.0 Å². The maximum absolute atomic E-state index is 10.4. The molecule has 0 atom stereocenters. The fourth-order valence-corrected chi connectivity index (χ4v) is 1.37. The fourth-order valence-electron chi connectivity index (χ4n) is 0.588. The van der Waals surface area contributed by atoms with Gasteiger partial charge in [0.1, 0.15) is 0 Å². The van der Waals surface area contributed by atoms with Crippen LogP contribution in [0, 0.1) is 0 Å². The van der Waals surface area contributed by atoms with Gasteiger partial charge in [0.2, 0.25) is 0 Å². The fraction of sp³-hybridized carbons (Fsp3) is 0.333. The first-order valence-electron chi connectivity index (χ1n) is 3.09. The Hall–Kier alpha value is -0.620. The first-order valence-corrected chi connectivity index (χ1v) is 5.54. The lowest BCUT2D eigenvalue weighted by atomic mass is 10.7. The standard InChI is InChI=1S/C6H7N3OS2/c1-11-5-7-4(3-10)8-6(9-5)12-2/h3H,1-2H3. The molecule has 1 rings (SSSR count). The number of rotatable bonds is 3. The predicted octanol–water partition coefficient (Wildman–Crippen LogP) is 1.13. The highest BCUT2D eigenvalue weighted by Crippen LogP contribution is 2.13. The molecule has 0 bridgehead atoms. The molecular formula is C6H7N3OS2. The summed E-state index contributed by atoms with van der Waals surface area (Å²) in [5.41, 5.74) is 0. The summed E-state index contributed by atoms with van der Waals surface area (Å²) in [4.78, 5) is 22.2. The molecule has 6 heteroatoms. The van der Waals surface area contributed by atoms with E-state index in [9.17, 15) is 4.79 Å². The summed E-state index contributed by atoms with van der Waals surface area (Å²) in [5, 5.41) is 1.16. The van der Waals surface area contributed by atoms with Gasteiger partial charge in [0.05, 0.1) is 0 Å². The van der Waals surface area contributed by atoms with Gasteiger partial charge in [0, 0.05) is 0 Å². The number of hydrogen-bond acceptors (Lipinski definition) is 6. The third-order valence-corrected chi connectivity index (χ3v) is 2.18. The van der Waals surface area contributed by atoms with Crippen molar-refractivity contribution in [3.8, 4) is 0 Å². The third-order valence-electron chi connectivity index (χ3n) is 1.08. The molecule has 1 aromatic rings. The minimum Gasteiger partial charge on any atom is -0.294 e. The molecule has 0 spiro atoms. The molecule has 0 fully saturated rings. The molecule has 0 saturated carbocycles. The zero-order chi connectivity index (χ0) is 8.97. The lowest BCUT2D eigenvalue weighted by Crippen LogP contribution is -1.99. The van der Waals surface area contributed by atoms with E-state index < -0.39 is 0 Å². The molecule has 0 saturated heterocycles. The van der Waals surface area contributed by atoms with Crippen molar-refractivity contribution in [2.45, 2.75) is 10.3 Å². The van der Waals surface area contributed by atoms with Crippen molar-refractivity contribution < 1.29 is 4.79 Å². The Balaban J connectivity index is 3.09. The average Bonchev–Trinajstić information content (AvgIpc) is 2.16. The molecule has 0 aromatic carbocycles. The smallest absolute Gasteiger partial charge is 0.197 e. The second kappa shape index (κ2) is 4.42. The molecule has 0 amide bonds. The monoisotopic (exact) mass is 201 g/mol. The van der Waals surface area contributed by atoms with Gasteiger partial charge < -0.3 is 0 Å². The summed E-state index contributed by atoms with van der Waals surface area (Å²) in [6.45, 7) is 0. The van der Waals surface area contributed by atoms with E-state index in [0.717, 1.165) is 0 Å². The Kier molecular flexibility index (Phi) is 3.48. The lowest BCUT2D eigenvalue weighted by Gasteiger charge is -1.97. The van der Waals surface area contributed by atoms with Crippen LogP contribution in [0.5, 0.6) is 0 Å². The molecule has 0 aliphatic carbocycles. The SMILES string of the molecule is CSc1nc(C=O)nc(SC)n1. The van der Waals surface area contributed by atoms with Crippen LogP contribution in [0.2, 0.25) is 0 Å². The van der Waals surface area contributed by atoms with E-state index in [1.54, 1.807) is 0 Å². The molecule has 0 aliphatic rings. The summed E-state index contributed by atoms with van der Waals surface area (Å²) < 4.78 is 0. The second-order valence-corrected chi connectivity index (χ2v) is 3.33. The Morgan fingerprint density at radius 1 is 1.08 bits per heavy atom. The van der Waals surface area contributed by atoms with Gasteiger partial charge in [0.25, 0.3) is 0 Å². The van der Waals surface area contributed by atoms with E-state index in [0.29, 0.717) is 16.6 Å². The van der Waals surface area contributed by atoms with Gasteiger partial charge in [-0.15, -0.1) is 0 Å². The highest BCUT2D eigenvalue weighted by molar-refractivity contribution is 7.99. The van der Waals surface area contributed by atoms with Crippen molar-refractivity contribution in [2.75, 3.05) is 12.5 Å². The molecule has 0 aliphatic heterocycles. The maximum atomic E-state index is 10.4. The summed E-state index contributed by atoms with van der Waals surface area (Å²) in [6.07, 6.45) is 4.34. The number of aldehydes is 1. The molecule has 4 nitrogen and oxygen atoms in total. The highest BCUT2D eigenvalue weighted by atomic mass is 32.2. The normalized spacial score (nSPS) is 9.83. The van der Waals surface area contributed by atoms with Crippen LogP contribution in [0.1, 0.15) is 10.6 Å². The van der Waals surface area contributed by atoms with Crippen LogP contribution in [0.15, 0.2) is 10.3 Å². The van der Waals surface area contributed by atoms with Crippen molar-refractivity contribution in [2.24, 2.45) is 0 Å². The molecule has 1 heterocycles. The predicted molar refractivity (Wildman–Crippen MR) is 48.8 cm³/mol. The Morgan fingerprint density at radius 2 is 1.58 bits per heavy atom. The van der Waals surface area contributed by atoms with Crippen LogP contribution in [-0.4, -0.2) is 33.7 Å². The van der Waals surface area contributed by atoms with Crippen LogP contribution in [-0.2, 0) is 0 Å². The molecular weight excluding hydrogens is 194 g/mol. The number of aromatic nitrogens is 3. The van der Waals surface area contributed by atoms with Gasteiger partial charge >= 0.3 is 0 Å². The average molecular weight is 201 g/mol. The quantitative estimate of drug-likeness (QED) is 0.539. The minimum atomic E-state index is 0.193. The number of thioether (sulfide) groups is 2. The molecule has 0 unspecified atom stereocenters. The van der Waals surface area contributed by atoms with E-state index in [2.05, 4.69) is 15.0 Å². The van der Waals surface area contributed by atoms with Crippen LogP contribution in [0.4, 0.5) is 0 Å². The van der Waals surface area contributed by atoms with Crippen LogP contribution in [0.25, 0.3) is 0 Å². The van der Waals surface area contributed by atoms with Gasteiger partial charge in [-0.05, 0) is 12.5 Å².